The van der Waals surface area contributed by atoms with Crippen molar-refractivity contribution in [2.24, 2.45) is 0 Å². The molecule has 0 fully saturated rings. The Morgan fingerprint density at radius 3 is 2.33 bits per heavy atom. The van der Waals surface area contributed by atoms with Crippen LogP contribution in [-0.2, 0) is 19.6 Å². The molecule has 2 aromatic rings. The molecule has 0 saturated carbocycles. The lowest BCUT2D eigenvalue weighted by atomic mass is 10.1. The minimum atomic E-state index is -3.94. The van der Waals surface area contributed by atoms with Crippen molar-refractivity contribution in [2.45, 2.75) is 18.7 Å². The third-order valence-corrected chi connectivity index (χ3v) is 5.77. The maximum Gasteiger partial charge on any atom is 0.326 e. The molecule has 0 saturated heterocycles. The van der Waals surface area contributed by atoms with Gasteiger partial charge in [-0.15, -0.1) is 0 Å². The molecular formula is C17H18ClNO4S. The van der Waals surface area contributed by atoms with Crippen molar-refractivity contribution in [3.05, 3.63) is 58.6 Å². The number of hydrogen-bond acceptors (Lipinski definition) is 4. The van der Waals surface area contributed by atoms with Gasteiger partial charge in [-0.3, -0.25) is 9.10 Å². The molecule has 0 bridgehead atoms. The highest BCUT2D eigenvalue weighted by atomic mass is 35.5. The smallest absolute Gasteiger partial charge is 0.326 e. The van der Waals surface area contributed by atoms with Gasteiger partial charge in [0.25, 0.3) is 10.0 Å². The molecule has 0 aliphatic rings. The molecule has 0 unspecified atom stereocenters. The van der Waals surface area contributed by atoms with Gasteiger partial charge in [-0.25, -0.2) is 8.42 Å². The fraction of sp³-hybridized carbons (Fsp3) is 0.235. The zero-order chi connectivity index (χ0) is 17.9. The van der Waals surface area contributed by atoms with E-state index in [0.29, 0.717) is 10.7 Å². The van der Waals surface area contributed by atoms with Gasteiger partial charge in [0.1, 0.15) is 6.54 Å². The number of anilines is 1. The van der Waals surface area contributed by atoms with E-state index in [1.807, 2.05) is 19.9 Å². The lowest BCUT2D eigenvalue weighted by molar-refractivity contribution is -0.138. The predicted molar refractivity (Wildman–Crippen MR) is 93.9 cm³/mol. The van der Waals surface area contributed by atoms with E-state index in [2.05, 4.69) is 4.74 Å². The number of ether oxygens (including phenoxy) is 1. The van der Waals surface area contributed by atoms with Crippen LogP contribution in [0.1, 0.15) is 11.1 Å². The average molecular weight is 368 g/mol. The van der Waals surface area contributed by atoms with E-state index < -0.39 is 22.5 Å². The summed E-state index contributed by atoms with van der Waals surface area (Å²) >= 11 is 5.83. The molecule has 0 heterocycles. The molecule has 0 radical (unpaired) electrons. The first-order valence-electron chi connectivity index (χ1n) is 7.18. The van der Waals surface area contributed by atoms with Crippen molar-refractivity contribution in [1.29, 1.82) is 0 Å². The Kier molecular flexibility index (Phi) is 5.51. The number of carbonyl (C=O) groups excluding carboxylic acids is 1. The predicted octanol–water partition coefficient (Wildman–Crippen LogP) is 3.33. The highest BCUT2D eigenvalue weighted by molar-refractivity contribution is 7.92. The number of benzene rings is 2. The summed E-state index contributed by atoms with van der Waals surface area (Å²) in [5.74, 6) is -0.645. The van der Waals surface area contributed by atoms with E-state index in [-0.39, 0.29) is 4.90 Å². The van der Waals surface area contributed by atoms with Crippen LogP contribution in [0.15, 0.2) is 47.4 Å². The number of halogens is 1. The molecular weight excluding hydrogens is 350 g/mol. The molecule has 5 nitrogen and oxygen atoms in total. The van der Waals surface area contributed by atoms with Crippen LogP contribution >= 0.6 is 11.6 Å². The lowest BCUT2D eigenvalue weighted by Crippen LogP contribution is -2.36. The van der Waals surface area contributed by atoms with Crippen molar-refractivity contribution in [3.63, 3.8) is 0 Å². The average Bonchev–Trinajstić information content (AvgIpc) is 2.55. The van der Waals surface area contributed by atoms with Crippen molar-refractivity contribution < 1.29 is 17.9 Å². The number of hydrogen-bond donors (Lipinski definition) is 0. The number of rotatable bonds is 5. The number of sulfonamides is 1. The van der Waals surface area contributed by atoms with E-state index >= 15 is 0 Å². The summed E-state index contributed by atoms with van der Waals surface area (Å²) in [6.07, 6.45) is 0. The molecule has 24 heavy (non-hydrogen) atoms. The zero-order valence-electron chi connectivity index (χ0n) is 13.6. The Morgan fingerprint density at radius 2 is 1.75 bits per heavy atom. The maximum absolute atomic E-state index is 13.0. The molecule has 0 aromatic heterocycles. The maximum atomic E-state index is 13.0. The minimum absolute atomic E-state index is 0.0525. The van der Waals surface area contributed by atoms with Gasteiger partial charge < -0.3 is 4.74 Å². The van der Waals surface area contributed by atoms with Gasteiger partial charge in [-0.1, -0.05) is 23.7 Å². The third-order valence-electron chi connectivity index (χ3n) is 3.75. The van der Waals surface area contributed by atoms with Crippen LogP contribution in [-0.4, -0.2) is 28.0 Å². The number of carbonyl (C=O) groups is 1. The number of methoxy groups -OCH3 is 1. The Hall–Kier alpha value is -2.05. The van der Waals surface area contributed by atoms with E-state index in [0.717, 1.165) is 15.4 Å². The first-order valence-corrected chi connectivity index (χ1v) is 9.00. The summed E-state index contributed by atoms with van der Waals surface area (Å²) in [5.41, 5.74) is 2.14. The topological polar surface area (TPSA) is 63.7 Å². The summed E-state index contributed by atoms with van der Waals surface area (Å²) in [7, 11) is -2.72. The van der Waals surface area contributed by atoms with Crippen molar-refractivity contribution in [3.8, 4) is 0 Å². The van der Waals surface area contributed by atoms with E-state index in [4.69, 9.17) is 11.6 Å². The van der Waals surface area contributed by atoms with Gasteiger partial charge in [0, 0.05) is 5.02 Å². The van der Waals surface area contributed by atoms with Crippen LogP contribution in [0.25, 0.3) is 0 Å². The lowest BCUT2D eigenvalue weighted by Gasteiger charge is -2.25. The third kappa shape index (κ3) is 3.71. The normalized spacial score (nSPS) is 11.2. The van der Waals surface area contributed by atoms with Gasteiger partial charge in [0.05, 0.1) is 17.7 Å². The van der Waals surface area contributed by atoms with Crippen LogP contribution in [0, 0.1) is 13.8 Å². The molecule has 0 aliphatic heterocycles. The van der Waals surface area contributed by atoms with E-state index in [1.165, 1.54) is 31.4 Å². The first-order chi connectivity index (χ1) is 11.3. The summed E-state index contributed by atoms with van der Waals surface area (Å²) in [6.45, 7) is 3.28. The number of aryl methyl sites for hydroxylation is 1. The second-order valence-electron chi connectivity index (χ2n) is 5.26. The molecule has 2 rings (SSSR count). The molecule has 0 atom stereocenters. The van der Waals surface area contributed by atoms with Crippen LogP contribution in [0.4, 0.5) is 5.69 Å². The highest BCUT2D eigenvalue weighted by Gasteiger charge is 2.28. The molecule has 0 N–H and O–H groups in total. The largest absolute Gasteiger partial charge is 0.468 e. The van der Waals surface area contributed by atoms with E-state index in [1.54, 1.807) is 12.1 Å². The Morgan fingerprint density at radius 1 is 1.12 bits per heavy atom. The number of esters is 1. The van der Waals surface area contributed by atoms with Crippen LogP contribution in [0.2, 0.25) is 5.02 Å². The standard InChI is InChI=1S/C17H18ClNO4S/c1-12-5-4-6-16(13(12)2)19(11-17(20)23-3)24(21,22)15-9-7-14(18)8-10-15/h4-10H,11H2,1-3H3. The fourth-order valence-electron chi connectivity index (χ4n) is 2.22. The fourth-order valence-corrected chi connectivity index (χ4v) is 3.81. The summed E-state index contributed by atoms with van der Waals surface area (Å²) in [4.78, 5) is 11.8. The van der Waals surface area contributed by atoms with Crippen molar-refractivity contribution in [1.82, 2.24) is 0 Å². The highest BCUT2D eigenvalue weighted by Crippen LogP contribution is 2.29. The zero-order valence-corrected chi connectivity index (χ0v) is 15.2. The van der Waals surface area contributed by atoms with Crippen LogP contribution < -0.4 is 4.31 Å². The van der Waals surface area contributed by atoms with Gasteiger partial charge >= 0.3 is 5.97 Å². The summed E-state index contributed by atoms with van der Waals surface area (Å²) < 4.78 is 31.8. The Bertz CT molecular complexity index is 847. The van der Waals surface area contributed by atoms with Gasteiger partial charge in [-0.05, 0) is 55.3 Å². The monoisotopic (exact) mass is 367 g/mol. The van der Waals surface area contributed by atoms with Gasteiger partial charge in [0.15, 0.2) is 0 Å². The minimum Gasteiger partial charge on any atom is -0.468 e. The summed E-state index contributed by atoms with van der Waals surface area (Å²) in [6, 6.07) is 11.1. The molecule has 0 aliphatic carbocycles. The van der Waals surface area contributed by atoms with Gasteiger partial charge in [-0.2, -0.15) is 0 Å². The second-order valence-corrected chi connectivity index (χ2v) is 7.56. The summed E-state index contributed by atoms with van der Waals surface area (Å²) in [5, 5.41) is 0.431. The molecule has 7 heteroatoms. The van der Waals surface area contributed by atoms with Gasteiger partial charge in [0.2, 0.25) is 0 Å². The van der Waals surface area contributed by atoms with Crippen molar-refractivity contribution >= 4 is 33.3 Å². The SMILES string of the molecule is COC(=O)CN(c1cccc(C)c1C)S(=O)(=O)c1ccc(Cl)cc1. The molecule has 0 amide bonds. The number of nitrogens with zero attached hydrogens (tertiary/aromatic N) is 1. The van der Waals surface area contributed by atoms with Crippen LogP contribution in [0.3, 0.4) is 0 Å². The second kappa shape index (κ2) is 7.23. The molecule has 128 valence electrons. The molecule has 2 aromatic carbocycles. The van der Waals surface area contributed by atoms with Crippen LogP contribution in [0.5, 0.6) is 0 Å². The molecule has 0 spiro atoms. The quantitative estimate of drug-likeness (QED) is 0.760. The van der Waals surface area contributed by atoms with Crippen molar-refractivity contribution in [2.75, 3.05) is 18.0 Å². The first kappa shape index (κ1) is 18.3. The van der Waals surface area contributed by atoms with E-state index in [9.17, 15) is 13.2 Å². The Balaban J connectivity index is 2.59. The Labute approximate surface area is 146 Å².